The lowest BCUT2D eigenvalue weighted by molar-refractivity contribution is -0.133. The van der Waals surface area contributed by atoms with Crippen molar-refractivity contribution in [3.8, 4) is 0 Å². The van der Waals surface area contributed by atoms with Gasteiger partial charge in [0.1, 0.15) is 11.3 Å². The van der Waals surface area contributed by atoms with E-state index >= 15 is 0 Å². The fourth-order valence-corrected chi connectivity index (χ4v) is 2.35. The lowest BCUT2D eigenvalue weighted by atomic mass is 10.0. The van der Waals surface area contributed by atoms with E-state index in [2.05, 4.69) is 10.3 Å². The summed E-state index contributed by atoms with van der Waals surface area (Å²) in [6.07, 6.45) is 1.74. The van der Waals surface area contributed by atoms with Gasteiger partial charge in [0.05, 0.1) is 26.3 Å². The van der Waals surface area contributed by atoms with Crippen molar-refractivity contribution in [3.05, 3.63) is 30.1 Å². The van der Waals surface area contributed by atoms with Crippen LogP contribution in [-0.2, 0) is 9.53 Å². The molecule has 1 saturated heterocycles. The lowest BCUT2D eigenvalue weighted by Crippen LogP contribution is -2.53. The average Bonchev–Trinajstić information content (AvgIpc) is 2.76. The summed E-state index contributed by atoms with van der Waals surface area (Å²) < 4.78 is 5.36. The molecule has 8 heteroatoms. The monoisotopic (exact) mass is 322 g/mol. The number of hydrogen-bond acceptors (Lipinski definition) is 6. The summed E-state index contributed by atoms with van der Waals surface area (Å²) in [5.41, 5.74) is 4.32. The number of aliphatic hydroxyl groups is 1. The van der Waals surface area contributed by atoms with Gasteiger partial charge in [-0.2, -0.15) is 0 Å². The second-order valence-electron chi connectivity index (χ2n) is 5.53. The van der Waals surface area contributed by atoms with Gasteiger partial charge in [0.2, 0.25) is 5.91 Å². The second kappa shape index (κ2) is 8.00. The number of aromatic nitrogens is 1. The zero-order valence-corrected chi connectivity index (χ0v) is 12.9. The van der Waals surface area contributed by atoms with Crippen LogP contribution in [0.1, 0.15) is 16.9 Å². The number of pyridine rings is 1. The largest absolute Gasteiger partial charge is 0.384 e. The SMILES string of the molecule is NCCC(=O)N1CCOC[C@](O)(CNC(=O)c2ccccn2)C1. The zero-order chi connectivity index (χ0) is 16.7. The van der Waals surface area contributed by atoms with Crippen molar-refractivity contribution in [2.45, 2.75) is 12.0 Å². The Morgan fingerprint density at radius 1 is 1.48 bits per heavy atom. The van der Waals surface area contributed by atoms with E-state index in [1.165, 1.54) is 11.1 Å². The molecular weight excluding hydrogens is 300 g/mol. The molecule has 1 fully saturated rings. The molecular formula is C15H22N4O4. The maximum atomic E-state index is 12.0. The molecule has 8 nitrogen and oxygen atoms in total. The first-order valence-corrected chi connectivity index (χ1v) is 7.51. The fourth-order valence-electron chi connectivity index (χ4n) is 2.35. The lowest BCUT2D eigenvalue weighted by Gasteiger charge is -2.30. The van der Waals surface area contributed by atoms with Crippen LogP contribution in [0.2, 0.25) is 0 Å². The Morgan fingerprint density at radius 3 is 3.00 bits per heavy atom. The van der Waals surface area contributed by atoms with E-state index in [9.17, 15) is 14.7 Å². The number of amides is 2. The minimum atomic E-state index is -1.34. The van der Waals surface area contributed by atoms with Crippen molar-refractivity contribution in [2.75, 3.05) is 39.4 Å². The minimum Gasteiger partial charge on any atom is -0.384 e. The zero-order valence-electron chi connectivity index (χ0n) is 12.9. The molecule has 23 heavy (non-hydrogen) atoms. The molecule has 1 aromatic heterocycles. The van der Waals surface area contributed by atoms with Gasteiger partial charge in [-0.3, -0.25) is 14.6 Å². The van der Waals surface area contributed by atoms with Crippen LogP contribution in [0.25, 0.3) is 0 Å². The number of nitrogens with one attached hydrogen (secondary N) is 1. The summed E-state index contributed by atoms with van der Waals surface area (Å²) in [7, 11) is 0. The average molecular weight is 322 g/mol. The number of β-amino-alcohol motifs (C(OH)–C–C–N with tert-alkyl or cyclic N) is 1. The second-order valence-corrected chi connectivity index (χ2v) is 5.53. The molecule has 0 bridgehead atoms. The van der Waals surface area contributed by atoms with Crippen molar-refractivity contribution < 1.29 is 19.4 Å². The van der Waals surface area contributed by atoms with Crippen LogP contribution in [0.4, 0.5) is 0 Å². The molecule has 0 spiro atoms. The van der Waals surface area contributed by atoms with E-state index < -0.39 is 5.60 Å². The summed E-state index contributed by atoms with van der Waals surface area (Å²) in [6, 6.07) is 5.00. The van der Waals surface area contributed by atoms with Gasteiger partial charge < -0.3 is 25.8 Å². The first-order chi connectivity index (χ1) is 11.0. The third-order valence-corrected chi connectivity index (χ3v) is 3.55. The highest BCUT2D eigenvalue weighted by atomic mass is 16.5. The summed E-state index contributed by atoms with van der Waals surface area (Å²) >= 11 is 0. The van der Waals surface area contributed by atoms with Crippen LogP contribution in [0.15, 0.2) is 24.4 Å². The van der Waals surface area contributed by atoms with Crippen molar-refractivity contribution in [3.63, 3.8) is 0 Å². The van der Waals surface area contributed by atoms with Gasteiger partial charge in [0, 0.05) is 25.7 Å². The van der Waals surface area contributed by atoms with Crippen molar-refractivity contribution in [2.24, 2.45) is 5.73 Å². The summed E-state index contributed by atoms with van der Waals surface area (Å²) in [4.78, 5) is 29.5. The summed E-state index contributed by atoms with van der Waals surface area (Å²) in [6.45, 7) is 1.10. The molecule has 1 atom stereocenters. The number of nitrogens with two attached hydrogens (primary N) is 1. The van der Waals surface area contributed by atoms with Gasteiger partial charge >= 0.3 is 0 Å². The third kappa shape index (κ3) is 4.98. The smallest absolute Gasteiger partial charge is 0.269 e. The molecule has 0 aromatic carbocycles. The van der Waals surface area contributed by atoms with E-state index in [4.69, 9.17) is 10.5 Å². The van der Waals surface area contributed by atoms with Crippen LogP contribution >= 0.6 is 0 Å². The molecule has 4 N–H and O–H groups in total. The molecule has 2 heterocycles. The number of rotatable bonds is 5. The van der Waals surface area contributed by atoms with Crippen molar-refractivity contribution >= 4 is 11.8 Å². The predicted octanol–water partition coefficient (Wildman–Crippen LogP) is -1.25. The molecule has 0 radical (unpaired) electrons. The van der Waals surface area contributed by atoms with Gasteiger partial charge in [-0.15, -0.1) is 0 Å². The Kier molecular flexibility index (Phi) is 6.03. The highest BCUT2D eigenvalue weighted by Gasteiger charge is 2.34. The Labute approximate surface area is 134 Å². The van der Waals surface area contributed by atoms with Gasteiger partial charge in [-0.05, 0) is 12.1 Å². The maximum Gasteiger partial charge on any atom is 0.269 e. The van der Waals surface area contributed by atoms with Gasteiger partial charge in [0.25, 0.3) is 5.91 Å². The number of ether oxygens (including phenoxy) is 1. The van der Waals surface area contributed by atoms with E-state index in [0.29, 0.717) is 13.2 Å². The quantitative estimate of drug-likeness (QED) is 0.623. The van der Waals surface area contributed by atoms with E-state index in [0.717, 1.165) is 0 Å². The van der Waals surface area contributed by atoms with Crippen molar-refractivity contribution in [1.82, 2.24) is 15.2 Å². The van der Waals surface area contributed by atoms with Crippen LogP contribution in [0, 0.1) is 0 Å². The van der Waals surface area contributed by atoms with Gasteiger partial charge in [-0.25, -0.2) is 0 Å². The first-order valence-electron chi connectivity index (χ1n) is 7.51. The molecule has 1 aliphatic rings. The van der Waals surface area contributed by atoms with E-state index in [1.807, 2.05) is 0 Å². The van der Waals surface area contributed by atoms with Gasteiger partial charge in [0.15, 0.2) is 0 Å². The Morgan fingerprint density at radius 2 is 2.30 bits per heavy atom. The molecule has 2 rings (SSSR count). The maximum absolute atomic E-state index is 12.0. The highest BCUT2D eigenvalue weighted by Crippen LogP contribution is 2.13. The fraction of sp³-hybridized carbons (Fsp3) is 0.533. The predicted molar refractivity (Wildman–Crippen MR) is 82.6 cm³/mol. The topological polar surface area (TPSA) is 118 Å². The molecule has 126 valence electrons. The summed E-state index contributed by atoms with van der Waals surface area (Å²) in [5, 5.41) is 13.3. The number of hydrogen-bond donors (Lipinski definition) is 3. The van der Waals surface area contributed by atoms with Crippen LogP contribution < -0.4 is 11.1 Å². The Bertz CT molecular complexity index is 540. The van der Waals surface area contributed by atoms with Crippen LogP contribution in [-0.4, -0.2) is 71.8 Å². The molecule has 1 aliphatic heterocycles. The standard InChI is InChI=1S/C15H22N4O4/c16-5-4-13(20)19-7-8-23-11-15(22,10-19)9-18-14(21)12-3-1-2-6-17-12/h1-3,6,22H,4-5,7-11,16H2,(H,18,21)/t15-/m0/s1. The Hall–Kier alpha value is -2.03. The number of carbonyl (C=O) groups is 2. The minimum absolute atomic E-state index is 0.0329. The normalized spacial score (nSPS) is 21.6. The molecule has 0 unspecified atom stereocenters. The molecule has 0 aliphatic carbocycles. The van der Waals surface area contributed by atoms with Crippen LogP contribution in [0.5, 0.6) is 0 Å². The summed E-state index contributed by atoms with van der Waals surface area (Å²) in [5.74, 6) is -0.518. The van der Waals surface area contributed by atoms with Crippen molar-refractivity contribution in [1.29, 1.82) is 0 Å². The highest BCUT2D eigenvalue weighted by molar-refractivity contribution is 5.92. The first kappa shape index (κ1) is 17.3. The third-order valence-electron chi connectivity index (χ3n) is 3.55. The number of nitrogens with zero attached hydrogens (tertiary/aromatic N) is 2. The number of carbonyl (C=O) groups excluding carboxylic acids is 2. The molecule has 1 aromatic rings. The van der Waals surface area contributed by atoms with E-state index in [1.54, 1.807) is 18.2 Å². The van der Waals surface area contributed by atoms with Crippen LogP contribution in [0.3, 0.4) is 0 Å². The molecule has 0 saturated carbocycles. The van der Waals surface area contributed by atoms with E-state index in [-0.39, 0.29) is 50.2 Å². The Balaban J connectivity index is 1.96. The molecule has 2 amide bonds. The van der Waals surface area contributed by atoms with Gasteiger partial charge in [-0.1, -0.05) is 6.07 Å².